The maximum absolute atomic E-state index is 13.9. The quantitative estimate of drug-likeness (QED) is 0.175. The molecule has 0 aliphatic carbocycles. The van der Waals surface area contributed by atoms with Crippen LogP contribution < -0.4 is 10.7 Å². The first-order chi connectivity index (χ1) is 22.9. The summed E-state index contributed by atoms with van der Waals surface area (Å²) in [5.74, 6) is -1.25. The molecule has 0 saturated carbocycles. The molecule has 0 spiro atoms. The Bertz CT molecular complexity index is 1600. The average Bonchev–Trinajstić information content (AvgIpc) is 3.07. The number of amides is 3. The molecule has 12 heteroatoms. The zero-order chi connectivity index (χ0) is 35.3. The number of hydrazine groups is 1. The Morgan fingerprint density at radius 3 is 1.92 bits per heavy atom. The predicted molar refractivity (Wildman–Crippen MR) is 187 cm³/mol. The van der Waals surface area contributed by atoms with Gasteiger partial charge in [0.05, 0.1) is 23.5 Å². The van der Waals surface area contributed by atoms with Gasteiger partial charge in [-0.3, -0.25) is 19.8 Å². The largest absolute Gasteiger partial charge is 0.390 e. The molecule has 0 aromatic heterocycles. The van der Waals surface area contributed by atoms with Crippen LogP contribution in [-0.4, -0.2) is 97.9 Å². The highest BCUT2D eigenvalue weighted by Gasteiger charge is 2.28. The number of likely N-dealkylation sites (N-methyl/N-ethyl adjacent to an activating group) is 1. The Kier molecular flexibility index (Phi) is 14.7. The maximum atomic E-state index is 13.9. The summed E-state index contributed by atoms with van der Waals surface area (Å²) >= 11 is 0. The van der Waals surface area contributed by atoms with E-state index in [2.05, 4.69) is 10.7 Å². The fraction of sp³-hybridized carbons (Fsp3) is 0.417. The Morgan fingerprint density at radius 2 is 1.38 bits per heavy atom. The van der Waals surface area contributed by atoms with Gasteiger partial charge in [0.2, 0.25) is 15.9 Å². The van der Waals surface area contributed by atoms with Gasteiger partial charge in [-0.25, -0.2) is 17.7 Å². The average molecular weight is 680 g/mol. The van der Waals surface area contributed by atoms with Gasteiger partial charge in [0, 0.05) is 51.4 Å². The number of nitrogens with zero attached hydrogens (tertiary/aromatic N) is 3. The van der Waals surface area contributed by atoms with Crippen LogP contribution in [0.1, 0.15) is 65.5 Å². The van der Waals surface area contributed by atoms with Crippen LogP contribution in [-0.2, 0) is 27.7 Å². The molecule has 3 aromatic carbocycles. The maximum Gasteiger partial charge on any atom is 0.253 e. The topological polar surface area (TPSA) is 139 Å². The smallest absolute Gasteiger partial charge is 0.253 e. The normalized spacial score (nSPS) is 12.8. The lowest BCUT2D eigenvalue weighted by Gasteiger charge is -2.30. The van der Waals surface area contributed by atoms with Gasteiger partial charge in [0.25, 0.3) is 11.8 Å². The van der Waals surface area contributed by atoms with E-state index < -0.39 is 28.1 Å². The first kappa shape index (κ1) is 38.3. The first-order valence-corrected chi connectivity index (χ1v) is 17.8. The van der Waals surface area contributed by atoms with Crippen LogP contribution in [0.15, 0.2) is 83.8 Å². The van der Waals surface area contributed by atoms with Crippen molar-refractivity contribution >= 4 is 27.7 Å². The van der Waals surface area contributed by atoms with Crippen LogP contribution in [0.3, 0.4) is 0 Å². The highest BCUT2D eigenvalue weighted by molar-refractivity contribution is 7.89. The number of sulfonamides is 1. The fourth-order valence-electron chi connectivity index (χ4n) is 5.26. The lowest BCUT2D eigenvalue weighted by atomic mass is 10.00. The van der Waals surface area contributed by atoms with E-state index in [0.717, 1.165) is 28.3 Å². The number of hydrogen-bond acceptors (Lipinski definition) is 7. The molecule has 0 fully saturated rings. The summed E-state index contributed by atoms with van der Waals surface area (Å²) in [6.07, 6.45) is 0.722. The molecule has 0 heterocycles. The van der Waals surface area contributed by atoms with Gasteiger partial charge in [-0.05, 0) is 48.6 Å². The molecule has 48 heavy (non-hydrogen) atoms. The second-order valence-electron chi connectivity index (χ2n) is 11.9. The van der Waals surface area contributed by atoms with Crippen molar-refractivity contribution in [2.75, 3.05) is 40.3 Å². The third-order valence-corrected chi connectivity index (χ3v) is 9.62. The van der Waals surface area contributed by atoms with Crippen LogP contribution >= 0.6 is 0 Å². The zero-order valence-corrected chi connectivity index (χ0v) is 29.4. The van der Waals surface area contributed by atoms with Crippen molar-refractivity contribution in [2.45, 2.75) is 63.5 Å². The van der Waals surface area contributed by atoms with Crippen molar-refractivity contribution in [3.8, 4) is 0 Å². The second kappa shape index (κ2) is 18.4. The molecular formula is C36H49N5O6S. The van der Waals surface area contributed by atoms with Crippen molar-refractivity contribution in [1.29, 1.82) is 0 Å². The molecule has 2 atom stereocenters. The van der Waals surface area contributed by atoms with Crippen LogP contribution in [0.25, 0.3) is 0 Å². The first-order valence-electron chi connectivity index (χ1n) is 16.4. The van der Waals surface area contributed by atoms with Crippen molar-refractivity contribution in [1.82, 2.24) is 25.0 Å². The highest BCUT2D eigenvalue weighted by Crippen LogP contribution is 2.21. The Labute approximate surface area is 285 Å². The molecule has 0 aliphatic heterocycles. The second-order valence-corrected chi connectivity index (χ2v) is 14.1. The monoisotopic (exact) mass is 679 g/mol. The summed E-state index contributed by atoms with van der Waals surface area (Å²) in [6, 6.07) is 21.8. The lowest BCUT2D eigenvalue weighted by Crippen LogP contribution is -2.53. The van der Waals surface area contributed by atoms with Gasteiger partial charge >= 0.3 is 0 Å². The number of aliphatic hydroxyl groups is 1. The third kappa shape index (κ3) is 11.0. The van der Waals surface area contributed by atoms with Gasteiger partial charge < -0.3 is 15.3 Å². The zero-order valence-electron chi connectivity index (χ0n) is 28.6. The van der Waals surface area contributed by atoms with E-state index >= 15 is 0 Å². The molecule has 3 aromatic rings. The standard InChI is InChI=1S/C36H49N5O6S/c1-6-19-40(20-7-2)36(45)30-23-29(24-31(25-30)48(46,47)39(4)5)35(44)37-32(21-27-15-11-9-12-16-27)33(42)26-41(8-3)38-34(43)22-28-17-13-10-14-18-28/h9-18,23-25,32-33,42H,6-8,19-22,26H2,1-5H3,(H,37,44)(H,38,43). The number of hydrogen-bond donors (Lipinski definition) is 3. The number of carbonyl (C=O) groups is 3. The van der Waals surface area contributed by atoms with E-state index in [1.165, 1.54) is 32.3 Å². The molecule has 0 bridgehead atoms. The summed E-state index contributed by atoms with van der Waals surface area (Å²) in [5, 5.41) is 16.0. The van der Waals surface area contributed by atoms with Gasteiger partial charge in [0.1, 0.15) is 0 Å². The summed E-state index contributed by atoms with van der Waals surface area (Å²) in [4.78, 5) is 41.7. The minimum Gasteiger partial charge on any atom is -0.390 e. The van der Waals surface area contributed by atoms with Gasteiger partial charge in [-0.2, -0.15) is 0 Å². The molecule has 0 saturated heterocycles. The number of rotatable bonds is 18. The van der Waals surface area contributed by atoms with Crippen LogP contribution in [0.5, 0.6) is 0 Å². The summed E-state index contributed by atoms with van der Waals surface area (Å²) in [5.41, 5.74) is 4.61. The van der Waals surface area contributed by atoms with Crippen LogP contribution in [0.2, 0.25) is 0 Å². The molecule has 3 N–H and O–H groups in total. The third-order valence-electron chi connectivity index (χ3n) is 7.83. The molecule has 0 aliphatic rings. The SMILES string of the molecule is CCCN(CCC)C(=O)c1cc(C(=O)NC(Cc2ccccc2)C(O)CN(CC)NC(=O)Cc2ccccc2)cc(S(=O)(=O)N(C)C)c1. The van der Waals surface area contributed by atoms with E-state index in [4.69, 9.17) is 0 Å². The van der Waals surface area contributed by atoms with E-state index in [9.17, 15) is 27.9 Å². The number of carbonyl (C=O) groups excluding carboxylic acids is 3. The molecule has 3 amide bonds. The van der Waals surface area contributed by atoms with Crippen LogP contribution in [0, 0.1) is 0 Å². The van der Waals surface area contributed by atoms with E-state index in [-0.39, 0.29) is 47.2 Å². The van der Waals surface area contributed by atoms with Crippen molar-refractivity contribution < 1.29 is 27.9 Å². The summed E-state index contributed by atoms with van der Waals surface area (Å²) in [7, 11) is -1.23. The number of nitrogens with one attached hydrogen (secondary N) is 2. The molecule has 3 rings (SSSR count). The molecule has 260 valence electrons. The summed E-state index contributed by atoms with van der Waals surface area (Å²) < 4.78 is 27.5. The highest BCUT2D eigenvalue weighted by atomic mass is 32.2. The molecule has 0 radical (unpaired) electrons. The Morgan fingerprint density at radius 1 is 0.812 bits per heavy atom. The van der Waals surface area contributed by atoms with E-state index in [1.54, 1.807) is 9.91 Å². The summed E-state index contributed by atoms with van der Waals surface area (Å²) in [6.45, 7) is 7.13. The van der Waals surface area contributed by atoms with Gasteiger partial charge in [-0.1, -0.05) is 81.4 Å². The molecule has 11 nitrogen and oxygen atoms in total. The van der Waals surface area contributed by atoms with Gasteiger partial charge in [0.15, 0.2) is 0 Å². The van der Waals surface area contributed by atoms with Gasteiger partial charge in [-0.15, -0.1) is 0 Å². The van der Waals surface area contributed by atoms with E-state index in [0.29, 0.717) is 19.6 Å². The number of aliphatic hydroxyl groups excluding tert-OH is 1. The molecule has 2 unspecified atom stereocenters. The Hall–Kier alpha value is -4.10. The predicted octanol–water partition coefficient (Wildman–Crippen LogP) is 3.50. The van der Waals surface area contributed by atoms with Crippen LogP contribution in [0.4, 0.5) is 0 Å². The van der Waals surface area contributed by atoms with Crippen molar-refractivity contribution in [2.24, 2.45) is 0 Å². The number of benzene rings is 3. The lowest BCUT2D eigenvalue weighted by molar-refractivity contribution is -0.125. The van der Waals surface area contributed by atoms with E-state index in [1.807, 2.05) is 81.4 Å². The fourth-order valence-corrected chi connectivity index (χ4v) is 6.23. The Balaban J connectivity index is 1.92. The van der Waals surface area contributed by atoms with Crippen molar-refractivity contribution in [3.63, 3.8) is 0 Å². The minimum absolute atomic E-state index is 0.0105. The minimum atomic E-state index is -4.00. The van der Waals surface area contributed by atoms with Crippen molar-refractivity contribution in [3.05, 3.63) is 101 Å². The molecular weight excluding hydrogens is 630 g/mol.